The van der Waals surface area contributed by atoms with E-state index in [1.54, 1.807) is 0 Å². The van der Waals surface area contributed by atoms with Crippen LogP contribution in [0.5, 0.6) is 0 Å². The first-order valence-electron chi connectivity index (χ1n) is 6.47. The second kappa shape index (κ2) is 4.18. The number of hydrogen-bond donors (Lipinski definition) is 2. The van der Waals surface area contributed by atoms with Crippen LogP contribution in [0, 0.1) is 6.92 Å². The Kier molecular flexibility index (Phi) is 2.67. The predicted octanol–water partition coefficient (Wildman–Crippen LogP) is 1.62. The molecular formula is C13H20N4. The third-order valence-electron chi connectivity index (χ3n) is 4.08. The van der Waals surface area contributed by atoms with Crippen molar-refractivity contribution in [1.82, 2.24) is 9.88 Å². The third kappa shape index (κ3) is 1.97. The molecule has 0 bridgehead atoms. The lowest BCUT2D eigenvalue weighted by atomic mass is 10.1. The largest absolute Gasteiger partial charge is 0.398 e. The maximum Gasteiger partial charge on any atom is 0.128 e. The smallest absolute Gasteiger partial charge is 0.128 e. The summed E-state index contributed by atoms with van der Waals surface area (Å²) in [6, 6.07) is 3.21. The fourth-order valence-electron chi connectivity index (χ4n) is 3.06. The number of nitrogen functional groups attached to an aromatic ring is 1. The first-order chi connectivity index (χ1) is 8.24. The highest BCUT2D eigenvalue weighted by Gasteiger charge is 2.37. The Morgan fingerprint density at radius 2 is 2.29 bits per heavy atom. The summed E-state index contributed by atoms with van der Waals surface area (Å²) in [5.74, 6) is 0.923. The Morgan fingerprint density at radius 1 is 1.41 bits per heavy atom. The van der Waals surface area contributed by atoms with E-state index in [-0.39, 0.29) is 0 Å². The van der Waals surface area contributed by atoms with Gasteiger partial charge in [0, 0.05) is 36.6 Å². The van der Waals surface area contributed by atoms with E-state index in [1.807, 2.05) is 19.2 Å². The fourth-order valence-corrected chi connectivity index (χ4v) is 3.06. The van der Waals surface area contributed by atoms with Gasteiger partial charge >= 0.3 is 0 Å². The number of aromatic nitrogens is 1. The monoisotopic (exact) mass is 232 g/mol. The lowest BCUT2D eigenvalue weighted by molar-refractivity contribution is 0.318. The summed E-state index contributed by atoms with van der Waals surface area (Å²) in [5.41, 5.74) is 7.78. The second-order valence-corrected chi connectivity index (χ2v) is 5.21. The van der Waals surface area contributed by atoms with Gasteiger partial charge in [0.2, 0.25) is 0 Å². The summed E-state index contributed by atoms with van der Waals surface area (Å²) in [6.07, 6.45) is 5.73. The van der Waals surface area contributed by atoms with Crippen LogP contribution in [-0.4, -0.2) is 35.1 Å². The van der Waals surface area contributed by atoms with Crippen LogP contribution in [0.1, 0.15) is 24.8 Å². The van der Waals surface area contributed by atoms with Gasteiger partial charge < -0.3 is 11.1 Å². The maximum absolute atomic E-state index is 5.91. The van der Waals surface area contributed by atoms with Crippen molar-refractivity contribution in [2.24, 2.45) is 0 Å². The molecule has 92 valence electrons. The van der Waals surface area contributed by atoms with E-state index in [4.69, 9.17) is 5.73 Å². The predicted molar refractivity (Wildman–Crippen MR) is 70.0 cm³/mol. The maximum atomic E-state index is 5.91. The van der Waals surface area contributed by atoms with Crippen molar-refractivity contribution in [3.8, 4) is 0 Å². The number of nitrogens with zero attached hydrogens (tertiary/aromatic N) is 2. The number of nitrogens with two attached hydrogens (primary N) is 1. The van der Waals surface area contributed by atoms with Crippen molar-refractivity contribution in [3.63, 3.8) is 0 Å². The molecule has 0 amide bonds. The van der Waals surface area contributed by atoms with Gasteiger partial charge in [0.15, 0.2) is 0 Å². The molecule has 2 atom stereocenters. The minimum absolute atomic E-state index is 0.548. The van der Waals surface area contributed by atoms with Gasteiger partial charge in [-0.1, -0.05) is 0 Å². The molecule has 0 radical (unpaired) electrons. The van der Waals surface area contributed by atoms with Crippen molar-refractivity contribution >= 4 is 11.5 Å². The van der Waals surface area contributed by atoms with Gasteiger partial charge in [0.25, 0.3) is 0 Å². The fraction of sp³-hybridized carbons (Fsp3) is 0.615. The quantitative estimate of drug-likeness (QED) is 0.813. The Morgan fingerprint density at radius 3 is 3.12 bits per heavy atom. The number of pyridine rings is 1. The zero-order chi connectivity index (χ0) is 11.8. The van der Waals surface area contributed by atoms with Crippen LogP contribution in [0.3, 0.4) is 0 Å². The van der Waals surface area contributed by atoms with Crippen molar-refractivity contribution in [2.45, 2.75) is 38.3 Å². The van der Waals surface area contributed by atoms with E-state index < -0.39 is 0 Å². The lowest BCUT2D eigenvalue weighted by Gasteiger charge is -2.21. The summed E-state index contributed by atoms with van der Waals surface area (Å²) in [7, 11) is 0. The average Bonchev–Trinajstić information content (AvgIpc) is 2.88. The first kappa shape index (κ1) is 10.8. The van der Waals surface area contributed by atoms with Crippen molar-refractivity contribution < 1.29 is 0 Å². The number of nitrogens with one attached hydrogen (secondary N) is 1. The van der Waals surface area contributed by atoms with Crippen LogP contribution in [0.15, 0.2) is 12.3 Å². The summed E-state index contributed by atoms with van der Waals surface area (Å²) >= 11 is 0. The molecule has 0 aliphatic carbocycles. The molecule has 2 saturated heterocycles. The van der Waals surface area contributed by atoms with E-state index in [9.17, 15) is 0 Å². The molecule has 3 heterocycles. The Labute approximate surface area is 102 Å². The topological polar surface area (TPSA) is 54.2 Å². The standard InChI is InChI=1S/C13H20N4/c1-9-8-15-13(7-10(9)14)16-11-4-6-17-5-2-3-12(11)17/h7-8,11-12H,2-6H2,1H3,(H3,14,15,16). The molecule has 2 unspecified atom stereocenters. The van der Waals surface area contributed by atoms with Gasteiger partial charge in [-0.05, 0) is 38.3 Å². The summed E-state index contributed by atoms with van der Waals surface area (Å²) < 4.78 is 0. The first-order valence-corrected chi connectivity index (χ1v) is 6.47. The molecule has 2 fully saturated rings. The highest BCUT2D eigenvalue weighted by Crippen LogP contribution is 2.30. The molecule has 3 N–H and O–H groups in total. The second-order valence-electron chi connectivity index (χ2n) is 5.21. The minimum atomic E-state index is 0.548. The van der Waals surface area contributed by atoms with Gasteiger partial charge in [-0.25, -0.2) is 4.98 Å². The number of rotatable bonds is 2. The van der Waals surface area contributed by atoms with E-state index >= 15 is 0 Å². The molecule has 0 saturated carbocycles. The third-order valence-corrected chi connectivity index (χ3v) is 4.08. The Bertz CT molecular complexity index is 418. The average molecular weight is 232 g/mol. The number of aryl methyl sites for hydroxylation is 1. The SMILES string of the molecule is Cc1cnc(NC2CCN3CCCC23)cc1N. The van der Waals surface area contributed by atoms with Crippen LogP contribution < -0.4 is 11.1 Å². The molecule has 1 aromatic heterocycles. The van der Waals surface area contributed by atoms with E-state index in [2.05, 4.69) is 15.2 Å². The van der Waals surface area contributed by atoms with Crippen molar-refractivity contribution in [2.75, 3.05) is 24.1 Å². The minimum Gasteiger partial charge on any atom is -0.398 e. The van der Waals surface area contributed by atoms with Crippen LogP contribution in [-0.2, 0) is 0 Å². The highest BCUT2D eigenvalue weighted by atomic mass is 15.2. The molecule has 0 aromatic carbocycles. The van der Waals surface area contributed by atoms with Gasteiger partial charge in [-0.3, -0.25) is 4.90 Å². The van der Waals surface area contributed by atoms with Crippen LogP contribution in [0.25, 0.3) is 0 Å². The van der Waals surface area contributed by atoms with E-state index in [0.717, 1.165) is 17.1 Å². The zero-order valence-corrected chi connectivity index (χ0v) is 10.3. The van der Waals surface area contributed by atoms with Crippen molar-refractivity contribution in [1.29, 1.82) is 0 Å². The number of hydrogen-bond acceptors (Lipinski definition) is 4. The summed E-state index contributed by atoms with van der Waals surface area (Å²) in [5, 5.41) is 3.55. The molecule has 4 heteroatoms. The molecule has 1 aromatic rings. The molecule has 17 heavy (non-hydrogen) atoms. The molecular weight excluding hydrogens is 212 g/mol. The van der Waals surface area contributed by atoms with Gasteiger partial charge in [0.1, 0.15) is 5.82 Å². The Hall–Kier alpha value is -1.29. The summed E-state index contributed by atoms with van der Waals surface area (Å²) in [6.45, 7) is 4.48. The zero-order valence-electron chi connectivity index (χ0n) is 10.3. The molecule has 3 rings (SSSR count). The molecule has 2 aliphatic rings. The normalized spacial score (nSPS) is 28.3. The van der Waals surface area contributed by atoms with Crippen LogP contribution in [0.4, 0.5) is 11.5 Å². The molecule has 4 nitrogen and oxygen atoms in total. The van der Waals surface area contributed by atoms with Crippen molar-refractivity contribution in [3.05, 3.63) is 17.8 Å². The number of fused-ring (bicyclic) bond motifs is 1. The molecule has 0 spiro atoms. The van der Waals surface area contributed by atoms with E-state index in [0.29, 0.717) is 12.1 Å². The summed E-state index contributed by atoms with van der Waals surface area (Å²) in [4.78, 5) is 7.00. The van der Waals surface area contributed by atoms with E-state index in [1.165, 1.54) is 32.4 Å². The van der Waals surface area contributed by atoms with Gasteiger partial charge in [-0.2, -0.15) is 0 Å². The number of anilines is 2. The molecule has 2 aliphatic heterocycles. The highest BCUT2D eigenvalue weighted by molar-refractivity contribution is 5.54. The van der Waals surface area contributed by atoms with Crippen LogP contribution in [0.2, 0.25) is 0 Å². The Balaban J connectivity index is 1.72. The lowest BCUT2D eigenvalue weighted by Crippen LogP contribution is -2.34. The van der Waals surface area contributed by atoms with Crippen LogP contribution >= 0.6 is 0 Å². The van der Waals surface area contributed by atoms with Gasteiger partial charge in [0.05, 0.1) is 0 Å². The van der Waals surface area contributed by atoms with Gasteiger partial charge in [-0.15, -0.1) is 0 Å².